The number of carbonyl (C=O) groups excluding carboxylic acids is 1. The molecular weight excluding hydrogens is 410 g/mol. The molecule has 4 heterocycles. The Morgan fingerprint density at radius 2 is 2.00 bits per heavy atom. The third-order valence-corrected chi connectivity index (χ3v) is 7.64. The molecule has 6 heteroatoms. The summed E-state index contributed by atoms with van der Waals surface area (Å²) in [6.45, 7) is 5.25. The van der Waals surface area contributed by atoms with Crippen molar-refractivity contribution in [3.63, 3.8) is 0 Å². The number of amides is 1. The molecule has 1 saturated heterocycles. The predicted octanol–water partition coefficient (Wildman–Crippen LogP) is 5.79. The fraction of sp³-hybridized carbons (Fsp3) is 0.444. The van der Waals surface area contributed by atoms with Crippen LogP contribution in [0.15, 0.2) is 42.6 Å². The number of carbonyl (C=O) groups is 1. The lowest BCUT2D eigenvalue weighted by Crippen LogP contribution is -2.38. The summed E-state index contributed by atoms with van der Waals surface area (Å²) in [4.78, 5) is 23.9. The number of aromatic amines is 1. The molecule has 4 aromatic rings. The molecule has 1 saturated carbocycles. The van der Waals surface area contributed by atoms with E-state index in [0.717, 1.165) is 54.0 Å². The molecule has 1 aliphatic heterocycles. The number of rotatable bonds is 3. The van der Waals surface area contributed by atoms with Gasteiger partial charge in [-0.3, -0.25) is 4.79 Å². The Balaban J connectivity index is 1.33. The van der Waals surface area contributed by atoms with Crippen molar-refractivity contribution in [2.24, 2.45) is 5.92 Å². The van der Waals surface area contributed by atoms with Crippen LogP contribution in [0, 0.1) is 12.8 Å². The highest BCUT2D eigenvalue weighted by Crippen LogP contribution is 2.39. The Hall–Kier alpha value is -3.15. The molecular formula is C27H31N5O. The van der Waals surface area contributed by atoms with E-state index in [0.29, 0.717) is 11.6 Å². The molecule has 1 aliphatic carbocycles. The quantitative estimate of drug-likeness (QED) is 0.438. The van der Waals surface area contributed by atoms with Gasteiger partial charge >= 0.3 is 0 Å². The number of hydrogen-bond acceptors (Lipinski definition) is 3. The van der Waals surface area contributed by atoms with Gasteiger partial charge in [0.25, 0.3) is 5.91 Å². The molecule has 2 fully saturated rings. The van der Waals surface area contributed by atoms with E-state index < -0.39 is 0 Å². The minimum Gasteiger partial charge on any atom is -0.351 e. The van der Waals surface area contributed by atoms with Crippen LogP contribution in [0.4, 0.5) is 0 Å². The van der Waals surface area contributed by atoms with Crippen LogP contribution in [0.25, 0.3) is 16.6 Å². The number of fused-ring (bicyclic) bond motifs is 2. The molecule has 33 heavy (non-hydrogen) atoms. The second-order valence-corrected chi connectivity index (χ2v) is 10.1. The third kappa shape index (κ3) is 3.62. The number of aromatic nitrogens is 4. The third-order valence-electron chi connectivity index (χ3n) is 7.64. The summed E-state index contributed by atoms with van der Waals surface area (Å²) < 4.78 is 1.91. The standard InChI is InChI=1S/C27H31N5O/c1-17-10-11-20(13-17)26-18(2)16-32-25(29-26)15-22(30-32)24-9-5-6-12-31(24)27(33)23-14-19-7-3-4-8-21(19)28-23/h3-4,7-8,14-17,20,24,28H,5-6,9-13H2,1-2H3/t17-,20?,24-/m0/s1. The van der Waals surface area contributed by atoms with Gasteiger partial charge in [-0.1, -0.05) is 31.5 Å². The monoisotopic (exact) mass is 441 g/mol. The van der Waals surface area contributed by atoms with Crippen LogP contribution in [0.3, 0.4) is 0 Å². The number of para-hydroxylation sites is 1. The van der Waals surface area contributed by atoms with Gasteiger partial charge in [-0.15, -0.1) is 0 Å². The summed E-state index contributed by atoms with van der Waals surface area (Å²) in [5.74, 6) is 1.38. The second kappa shape index (κ2) is 8.01. The van der Waals surface area contributed by atoms with E-state index in [9.17, 15) is 4.79 Å². The van der Waals surface area contributed by atoms with E-state index in [2.05, 4.69) is 31.1 Å². The SMILES string of the molecule is Cc1cn2nc([C@@H]3CCCCN3C(=O)c3cc4ccccc4[nH]3)cc2nc1C1CC[C@H](C)C1. The van der Waals surface area contributed by atoms with E-state index in [1.165, 1.54) is 30.5 Å². The van der Waals surface area contributed by atoms with Gasteiger partial charge in [0.15, 0.2) is 5.65 Å². The topological polar surface area (TPSA) is 66.3 Å². The van der Waals surface area contributed by atoms with Gasteiger partial charge in [-0.05, 0) is 62.6 Å². The maximum Gasteiger partial charge on any atom is 0.270 e. The van der Waals surface area contributed by atoms with Gasteiger partial charge in [0, 0.05) is 35.6 Å². The van der Waals surface area contributed by atoms with Crippen molar-refractivity contribution < 1.29 is 4.79 Å². The first kappa shape index (κ1) is 20.5. The summed E-state index contributed by atoms with van der Waals surface area (Å²) in [5, 5.41) is 5.96. The lowest BCUT2D eigenvalue weighted by Gasteiger charge is -2.34. The van der Waals surface area contributed by atoms with Crippen LogP contribution < -0.4 is 0 Å². The first-order valence-corrected chi connectivity index (χ1v) is 12.3. The zero-order valence-electron chi connectivity index (χ0n) is 19.4. The Bertz CT molecular complexity index is 1300. The van der Waals surface area contributed by atoms with Crippen LogP contribution in [-0.4, -0.2) is 36.9 Å². The highest BCUT2D eigenvalue weighted by Gasteiger charge is 2.32. The molecule has 1 amide bonds. The average molecular weight is 442 g/mol. The lowest BCUT2D eigenvalue weighted by molar-refractivity contribution is 0.0600. The van der Waals surface area contributed by atoms with Crippen LogP contribution in [0.2, 0.25) is 0 Å². The lowest BCUT2D eigenvalue weighted by atomic mass is 9.98. The van der Waals surface area contributed by atoms with Gasteiger partial charge in [0.1, 0.15) is 5.69 Å². The summed E-state index contributed by atoms with van der Waals surface area (Å²) in [7, 11) is 0. The summed E-state index contributed by atoms with van der Waals surface area (Å²) >= 11 is 0. The Kier molecular flexibility index (Phi) is 4.97. The number of benzene rings is 1. The van der Waals surface area contributed by atoms with Crippen molar-refractivity contribution in [1.82, 2.24) is 24.5 Å². The van der Waals surface area contributed by atoms with E-state index in [1.807, 2.05) is 39.7 Å². The van der Waals surface area contributed by atoms with Crippen molar-refractivity contribution in [2.45, 2.75) is 64.3 Å². The first-order chi connectivity index (χ1) is 16.1. The van der Waals surface area contributed by atoms with Gasteiger partial charge in [0.05, 0.1) is 17.4 Å². The fourth-order valence-corrected chi connectivity index (χ4v) is 5.90. The minimum atomic E-state index is -0.0189. The van der Waals surface area contributed by atoms with Crippen LogP contribution in [0.5, 0.6) is 0 Å². The number of H-pyrrole nitrogens is 1. The minimum absolute atomic E-state index is 0.0189. The molecule has 170 valence electrons. The van der Waals surface area contributed by atoms with Crippen molar-refractivity contribution >= 4 is 22.5 Å². The van der Waals surface area contributed by atoms with Crippen molar-refractivity contribution in [1.29, 1.82) is 0 Å². The molecule has 3 atom stereocenters. The largest absolute Gasteiger partial charge is 0.351 e. The molecule has 0 bridgehead atoms. The average Bonchev–Trinajstić information content (AvgIpc) is 3.55. The molecule has 0 spiro atoms. The van der Waals surface area contributed by atoms with Gasteiger partial charge in [-0.2, -0.15) is 5.10 Å². The highest BCUT2D eigenvalue weighted by molar-refractivity contribution is 5.98. The molecule has 1 unspecified atom stereocenters. The molecule has 2 aliphatic rings. The molecule has 6 rings (SSSR count). The van der Waals surface area contributed by atoms with E-state index in [-0.39, 0.29) is 11.9 Å². The maximum absolute atomic E-state index is 13.5. The maximum atomic E-state index is 13.5. The number of nitrogens with zero attached hydrogens (tertiary/aromatic N) is 4. The Morgan fingerprint density at radius 3 is 2.82 bits per heavy atom. The number of piperidine rings is 1. The van der Waals surface area contributed by atoms with E-state index >= 15 is 0 Å². The zero-order chi connectivity index (χ0) is 22.5. The molecule has 6 nitrogen and oxygen atoms in total. The Labute approximate surface area is 194 Å². The summed E-state index contributed by atoms with van der Waals surface area (Å²) in [6.07, 6.45) is 8.92. The van der Waals surface area contributed by atoms with Gasteiger partial charge in [-0.25, -0.2) is 9.50 Å². The van der Waals surface area contributed by atoms with E-state index in [1.54, 1.807) is 0 Å². The van der Waals surface area contributed by atoms with Crippen molar-refractivity contribution in [3.05, 3.63) is 65.2 Å². The predicted molar refractivity (Wildman–Crippen MR) is 129 cm³/mol. The fourth-order valence-electron chi connectivity index (χ4n) is 5.90. The summed E-state index contributed by atoms with van der Waals surface area (Å²) in [5.41, 5.74) is 5.93. The highest BCUT2D eigenvalue weighted by atomic mass is 16.2. The number of likely N-dealkylation sites (tertiary alicyclic amines) is 1. The van der Waals surface area contributed by atoms with Crippen molar-refractivity contribution in [2.75, 3.05) is 6.54 Å². The Morgan fingerprint density at radius 1 is 1.12 bits per heavy atom. The molecule has 1 aromatic carbocycles. The van der Waals surface area contributed by atoms with Crippen LogP contribution in [0.1, 0.15) is 84.8 Å². The number of hydrogen-bond donors (Lipinski definition) is 1. The normalized spacial score (nSPS) is 23.6. The van der Waals surface area contributed by atoms with Crippen LogP contribution in [-0.2, 0) is 0 Å². The molecule has 3 aromatic heterocycles. The smallest absolute Gasteiger partial charge is 0.270 e. The number of nitrogens with one attached hydrogen (secondary N) is 1. The van der Waals surface area contributed by atoms with E-state index in [4.69, 9.17) is 10.1 Å². The summed E-state index contributed by atoms with van der Waals surface area (Å²) in [6, 6.07) is 12.1. The second-order valence-electron chi connectivity index (χ2n) is 10.1. The van der Waals surface area contributed by atoms with Crippen LogP contribution >= 0.6 is 0 Å². The molecule has 0 radical (unpaired) electrons. The van der Waals surface area contributed by atoms with Crippen molar-refractivity contribution in [3.8, 4) is 0 Å². The van der Waals surface area contributed by atoms with Gasteiger partial charge in [0.2, 0.25) is 0 Å². The first-order valence-electron chi connectivity index (χ1n) is 12.3. The molecule has 1 N–H and O–H groups in total. The van der Waals surface area contributed by atoms with Gasteiger partial charge < -0.3 is 9.88 Å². The zero-order valence-corrected chi connectivity index (χ0v) is 19.4. The number of aryl methyl sites for hydroxylation is 1.